The summed E-state index contributed by atoms with van der Waals surface area (Å²) in [5.41, 5.74) is 4.40. The van der Waals surface area contributed by atoms with Gasteiger partial charge in [0.2, 0.25) is 0 Å². The lowest BCUT2D eigenvalue weighted by Gasteiger charge is -2.28. The molecule has 4 heterocycles. The van der Waals surface area contributed by atoms with E-state index >= 15 is 0 Å². The van der Waals surface area contributed by atoms with E-state index in [1.165, 1.54) is 0 Å². The summed E-state index contributed by atoms with van der Waals surface area (Å²) < 4.78 is 6.06. The standard InChI is InChI=1S/C25H23N5O2/c31-25-21-10-14-30(16-22(21)28-24(29-25)18-8-12-26-13-9-18)15-19-5-1-2-7-23(19)32-17-20-6-3-4-11-27-20/h1-9,11-13H,10,14-17H2,(H,28,29,31). The van der Waals surface area contributed by atoms with Gasteiger partial charge >= 0.3 is 0 Å². The van der Waals surface area contributed by atoms with Crippen molar-refractivity contribution < 1.29 is 4.74 Å². The van der Waals surface area contributed by atoms with Gasteiger partial charge in [0.15, 0.2) is 0 Å². The van der Waals surface area contributed by atoms with E-state index in [4.69, 9.17) is 9.72 Å². The summed E-state index contributed by atoms with van der Waals surface area (Å²) >= 11 is 0. The van der Waals surface area contributed by atoms with Crippen molar-refractivity contribution in [3.63, 3.8) is 0 Å². The van der Waals surface area contributed by atoms with Crippen molar-refractivity contribution in [3.8, 4) is 17.1 Å². The summed E-state index contributed by atoms with van der Waals surface area (Å²) in [6, 6.07) is 17.6. The summed E-state index contributed by atoms with van der Waals surface area (Å²) in [6.07, 6.45) is 5.84. The van der Waals surface area contributed by atoms with E-state index in [0.29, 0.717) is 25.4 Å². The Morgan fingerprint density at radius 3 is 2.69 bits per heavy atom. The fourth-order valence-corrected chi connectivity index (χ4v) is 3.93. The van der Waals surface area contributed by atoms with Crippen molar-refractivity contribution in [1.29, 1.82) is 0 Å². The van der Waals surface area contributed by atoms with Gasteiger partial charge in [-0.2, -0.15) is 0 Å². The second-order valence-corrected chi connectivity index (χ2v) is 7.75. The Balaban J connectivity index is 1.33. The molecule has 0 saturated carbocycles. The van der Waals surface area contributed by atoms with Gasteiger partial charge in [-0.15, -0.1) is 0 Å². The van der Waals surface area contributed by atoms with Gasteiger partial charge in [0.1, 0.15) is 18.2 Å². The van der Waals surface area contributed by atoms with E-state index in [1.807, 2.05) is 48.5 Å². The first-order valence-corrected chi connectivity index (χ1v) is 10.6. The molecule has 32 heavy (non-hydrogen) atoms. The number of pyridine rings is 2. The number of hydrogen-bond acceptors (Lipinski definition) is 6. The van der Waals surface area contributed by atoms with E-state index in [2.05, 4.69) is 25.9 Å². The molecule has 7 nitrogen and oxygen atoms in total. The average Bonchev–Trinajstić information content (AvgIpc) is 2.84. The minimum absolute atomic E-state index is 0.0550. The van der Waals surface area contributed by atoms with Crippen LogP contribution in [0.15, 0.2) is 78.0 Å². The summed E-state index contributed by atoms with van der Waals surface area (Å²) in [7, 11) is 0. The van der Waals surface area contributed by atoms with Gasteiger partial charge in [-0.25, -0.2) is 4.98 Å². The van der Waals surface area contributed by atoms with Gasteiger partial charge in [-0.3, -0.25) is 19.7 Å². The Morgan fingerprint density at radius 1 is 1.00 bits per heavy atom. The van der Waals surface area contributed by atoms with Crippen molar-refractivity contribution in [3.05, 3.63) is 106 Å². The number of benzene rings is 1. The number of aromatic amines is 1. The molecule has 0 bridgehead atoms. The monoisotopic (exact) mass is 425 g/mol. The van der Waals surface area contributed by atoms with Crippen LogP contribution < -0.4 is 10.3 Å². The van der Waals surface area contributed by atoms with E-state index in [0.717, 1.165) is 46.9 Å². The lowest BCUT2D eigenvalue weighted by atomic mass is 10.0. The molecule has 7 heteroatoms. The smallest absolute Gasteiger partial charge is 0.254 e. The fourth-order valence-electron chi connectivity index (χ4n) is 3.93. The molecule has 1 aromatic carbocycles. The topological polar surface area (TPSA) is 84.0 Å². The van der Waals surface area contributed by atoms with Crippen molar-refractivity contribution in [1.82, 2.24) is 24.8 Å². The molecule has 0 radical (unpaired) electrons. The van der Waals surface area contributed by atoms with Crippen molar-refractivity contribution in [2.45, 2.75) is 26.1 Å². The first kappa shape index (κ1) is 20.1. The number of nitrogens with zero attached hydrogens (tertiary/aromatic N) is 4. The maximum absolute atomic E-state index is 12.6. The van der Waals surface area contributed by atoms with Crippen LogP contribution in [-0.2, 0) is 26.1 Å². The molecule has 3 aromatic heterocycles. The minimum atomic E-state index is -0.0550. The van der Waals surface area contributed by atoms with Crippen LogP contribution in [0.1, 0.15) is 22.5 Å². The maximum atomic E-state index is 12.6. The van der Waals surface area contributed by atoms with E-state index in [-0.39, 0.29) is 5.56 Å². The Labute approximate surface area is 185 Å². The summed E-state index contributed by atoms with van der Waals surface area (Å²) in [5.74, 6) is 1.43. The fraction of sp³-hybridized carbons (Fsp3) is 0.200. The maximum Gasteiger partial charge on any atom is 0.254 e. The number of nitrogens with one attached hydrogen (secondary N) is 1. The number of H-pyrrole nitrogens is 1. The van der Waals surface area contributed by atoms with Crippen LogP contribution in [0.2, 0.25) is 0 Å². The number of rotatable bonds is 6. The zero-order chi connectivity index (χ0) is 21.8. The molecule has 1 aliphatic heterocycles. The molecular formula is C25H23N5O2. The average molecular weight is 425 g/mol. The summed E-state index contributed by atoms with van der Waals surface area (Å²) in [4.78, 5) is 31.0. The first-order valence-electron chi connectivity index (χ1n) is 10.6. The normalized spacial score (nSPS) is 13.5. The lowest BCUT2D eigenvalue weighted by molar-refractivity contribution is 0.231. The lowest BCUT2D eigenvalue weighted by Crippen LogP contribution is -2.35. The quantitative estimate of drug-likeness (QED) is 0.510. The Morgan fingerprint density at radius 2 is 1.84 bits per heavy atom. The third-order valence-electron chi connectivity index (χ3n) is 5.57. The van der Waals surface area contributed by atoms with E-state index in [9.17, 15) is 4.79 Å². The zero-order valence-electron chi connectivity index (χ0n) is 17.6. The first-order chi connectivity index (χ1) is 15.8. The number of para-hydroxylation sites is 1. The van der Waals surface area contributed by atoms with Crippen LogP contribution in [0.25, 0.3) is 11.4 Å². The molecule has 0 fully saturated rings. The molecular weight excluding hydrogens is 402 g/mol. The SMILES string of the molecule is O=c1[nH]c(-c2ccncc2)nc2c1CCN(Cc1ccccc1OCc1ccccn1)C2. The largest absolute Gasteiger partial charge is 0.487 e. The van der Waals surface area contributed by atoms with Gasteiger partial charge in [0.25, 0.3) is 5.56 Å². The highest BCUT2D eigenvalue weighted by Gasteiger charge is 2.22. The van der Waals surface area contributed by atoms with Gasteiger partial charge in [-0.1, -0.05) is 24.3 Å². The van der Waals surface area contributed by atoms with Crippen LogP contribution in [-0.4, -0.2) is 31.4 Å². The third kappa shape index (κ3) is 4.43. The van der Waals surface area contributed by atoms with Gasteiger partial charge in [0.05, 0.1) is 11.4 Å². The second kappa shape index (κ2) is 9.11. The molecule has 0 aliphatic carbocycles. The Kier molecular flexibility index (Phi) is 5.72. The molecule has 0 saturated heterocycles. The molecule has 0 amide bonds. The van der Waals surface area contributed by atoms with Gasteiger partial charge in [-0.05, 0) is 36.8 Å². The molecule has 1 N–H and O–H groups in total. The van der Waals surface area contributed by atoms with Gasteiger partial charge in [0, 0.05) is 54.9 Å². The Hall–Kier alpha value is -3.84. The molecule has 0 unspecified atom stereocenters. The van der Waals surface area contributed by atoms with Gasteiger partial charge < -0.3 is 9.72 Å². The van der Waals surface area contributed by atoms with Crippen molar-refractivity contribution in [2.75, 3.05) is 6.54 Å². The number of aromatic nitrogens is 4. The highest BCUT2D eigenvalue weighted by molar-refractivity contribution is 5.54. The van der Waals surface area contributed by atoms with Crippen LogP contribution in [0.3, 0.4) is 0 Å². The van der Waals surface area contributed by atoms with Crippen LogP contribution in [0, 0.1) is 0 Å². The molecule has 4 aromatic rings. The summed E-state index contributed by atoms with van der Waals surface area (Å²) in [5, 5.41) is 0. The van der Waals surface area contributed by atoms with Crippen LogP contribution in [0.5, 0.6) is 5.75 Å². The van der Waals surface area contributed by atoms with Crippen LogP contribution >= 0.6 is 0 Å². The van der Waals surface area contributed by atoms with Crippen LogP contribution in [0.4, 0.5) is 0 Å². The summed E-state index contributed by atoms with van der Waals surface area (Å²) in [6.45, 7) is 2.55. The predicted molar refractivity (Wildman–Crippen MR) is 121 cm³/mol. The number of hydrogen-bond donors (Lipinski definition) is 1. The zero-order valence-corrected chi connectivity index (χ0v) is 17.6. The third-order valence-corrected chi connectivity index (χ3v) is 5.57. The van der Waals surface area contributed by atoms with Crippen molar-refractivity contribution >= 4 is 0 Å². The van der Waals surface area contributed by atoms with Crippen molar-refractivity contribution in [2.24, 2.45) is 0 Å². The predicted octanol–water partition coefficient (Wildman–Crippen LogP) is 3.36. The van der Waals surface area contributed by atoms with E-state index < -0.39 is 0 Å². The highest BCUT2D eigenvalue weighted by atomic mass is 16.5. The Bertz CT molecular complexity index is 1260. The molecule has 0 atom stereocenters. The minimum Gasteiger partial charge on any atom is -0.487 e. The molecule has 0 spiro atoms. The van der Waals surface area contributed by atoms with E-state index in [1.54, 1.807) is 18.6 Å². The molecule has 1 aliphatic rings. The second-order valence-electron chi connectivity index (χ2n) is 7.75. The number of fused-ring (bicyclic) bond motifs is 1. The molecule has 160 valence electrons. The number of ether oxygens (including phenoxy) is 1. The highest BCUT2D eigenvalue weighted by Crippen LogP contribution is 2.24. The molecule has 5 rings (SSSR count).